The van der Waals surface area contributed by atoms with Crippen molar-refractivity contribution in [2.75, 3.05) is 0 Å². The highest BCUT2D eigenvalue weighted by atomic mass is 16.3. The lowest BCUT2D eigenvalue weighted by Crippen LogP contribution is -2.07. The van der Waals surface area contributed by atoms with Gasteiger partial charge in [-0.2, -0.15) is 5.26 Å². The molecule has 0 saturated heterocycles. The van der Waals surface area contributed by atoms with Crippen LogP contribution in [0.2, 0.25) is 0 Å². The predicted molar refractivity (Wildman–Crippen MR) is 56.7 cm³/mol. The lowest BCUT2D eigenvalue weighted by Gasteiger charge is -2.00. The number of aromatic amines is 1. The summed E-state index contributed by atoms with van der Waals surface area (Å²) in [4.78, 5) is 17.4. The van der Waals surface area contributed by atoms with Crippen molar-refractivity contribution in [3.63, 3.8) is 0 Å². The summed E-state index contributed by atoms with van der Waals surface area (Å²) in [7, 11) is 0. The summed E-state index contributed by atoms with van der Waals surface area (Å²) < 4.78 is 0. The summed E-state index contributed by atoms with van der Waals surface area (Å²) in [5.74, 6) is -0.0651. The summed E-state index contributed by atoms with van der Waals surface area (Å²) in [6.07, 6.45) is 1.09. The van der Waals surface area contributed by atoms with Crippen LogP contribution in [-0.2, 0) is 0 Å². The molecule has 5 nitrogen and oxygen atoms in total. The second kappa shape index (κ2) is 3.87. The second-order valence-electron chi connectivity index (χ2n) is 3.14. The molecule has 16 heavy (non-hydrogen) atoms. The third-order valence-corrected chi connectivity index (χ3v) is 2.07. The van der Waals surface area contributed by atoms with Gasteiger partial charge in [-0.15, -0.1) is 0 Å². The molecule has 0 spiro atoms. The molecule has 0 unspecified atom stereocenters. The number of aromatic nitrogens is 2. The van der Waals surface area contributed by atoms with Crippen LogP contribution in [-0.4, -0.2) is 15.1 Å². The van der Waals surface area contributed by atoms with E-state index in [2.05, 4.69) is 9.97 Å². The van der Waals surface area contributed by atoms with Gasteiger partial charge >= 0.3 is 0 Å². The monoisotopic (exact) mass is 213 g/mol. The predicted octanol–water partition coefficient (Wildman–Crippen LogP) is 1.01. The zero-order valence-electron chi connectivity index (χ0n) is 8.14. The Kier molecular flexibility index (Phi) is 2.40. The minimum absolute atomic E-state index is 0.354. The van der Waals surface area contributed by atoms with E-state index < -0.39 is 11.3 Å². The fourth-order valence-electron chi connectivity index (χ4n) is 1.24. The Morgan fingerprint density at radius 3 is 2.56 bits per heavy atom. The largest absolute Gasteiger partial charge is 0.502 e. The molecule has 0 aliphatic carbocycles. The van der Waals surface area contributed by atoms with Gasteiger partial charge in [0.25, 0.3) is 5.56 Å². The van der Waals surface area contributed by atoms with Crippen LogP contribution in [0.25, 0.3) is 11.4 Å². The molecule has 1 heterocycles. The summed E-state index contributed by atoms with van der Waals surface area (Å²) in [6, 6.07) is 8.60. The van der Waals surface area contributed by atoms with Crippen LogP contribution in [0.1, 0.15) is 5.56 Å². The van der Waals surface area contributed by atoms with Crippen LogP contribution in [0.4, 0.5) is 0 Å². The molecule has 0 radical (unpaired) electrons. The van der Waals surface area contributed by atoms with Gasteiger partial charge in [0.15, 0.2) is 5.75 Å². The van der Waals surface area contributed by atoms with Crippen molar-refractivity contribution in [1.29, 1.82) is 5.26 Å². The maximum atomic E-state index is 11.1. The second-order valence-corrected chi connectivity index (χ2v) is 3.14. The Hall–Kier alpha value is -2.61. The van der Waals surface area contributed by atoms with Gasteiger partial charge in [0.1, 0.15) is 5.82 Å². The van der Waals surface area contributed by atoms with Crippen molar-refractivity contribution in [2.45, 2.75) is 0 Å². The fraction of sp³-hybridized carbons (Fsp3) is 0. The standard InChI is InChI=1S/C11H7N3O2/c12-5-7-1-3-8(4-2-7)10-13-6-9(15)11(16)14-10/h1-4,6,15H,(H,13,14,16). The van der Waals surface area contributed by atoms with E-state index in [-0.39, 0.29) is 0 Å². The van der Waals surface area contributed by atoms with Crippen molar-refractivity contribution in [3.8, 4) is 23.2 Å². The van der Waals surface area contributed by atoms with Gasteiger partial charge in [0, 0.05) is 5.56 Å². The number of nitrogens with one attached hydrogen (secondary N) is 1. The van der Waals surface area contributed by atoms with Gasteiger partial charge < -0.3 is 10.1 Å². The molecule has 0 aliphatic rings. The lowest BCUT2D eigenvalue weighted by atomic mass is 10.1. The third kappa shape index (κ3) is 1.77. The Morgan fingerprint density at radius 1 is 1.31 bits per heavy atom. The molecular formula is C11H7N3O2. The number of aromatic hydroxyl groups is 1. The van der Waals surface area contributed by atoms with Gasteiger partial charge in [0.05, 0.1) is 17.8 Å². The van der Waals surface area contributed by atoms with E-state index in [1.54, 1.807) is 24.3 Å². The van der Waals surface area contributed by atoms with E-state index in [0.29, 0.717) is 17.0 Å². The summed E-state index contributed by atoms with van der Waals surface area (Å²) >= 11 is 0. The number of hydrogen-bond acceptors (Lipinski definition) is 4. The minimum Gasteiger partial charge on any atom is -0.502 e. The first kappa shape index (κ1) is 9.93. The average Bonchev–Trinajstić information content (AvgIpc) is 2.33. The number of nitriles is 1. The Balaban J connectivity index is 2.47. The minimum atomic E-state index is -0.589. The quantitative estimate of drug-likeness (QED) is 0.739. The highest BCUT2D eigenvalue weighted by Crippen LogP contribution is 2.14. The first-order chi connectivity index (χ1) is 7.70. The maximum Gasteiger partial charge on any atom is 0.293 e. The van der Waals surface area contributed by atoms with Crippen LogP contribution >= 0.6 is 0 Å². The van der Waals surface area contributed by atoms with E-state index >= 15 is 0 Å². The molecule has 1 aromatic heterocycles. The van der Waals surface area contributed by atoms with Crippen LogP contribution < -0.4 is 5.56 Å². The van der Waals surface area contributed by atoms with Crippen molar-refractivity contribution >= 4 is 0 Å². The Labute approximate surface area is 90.6 Å². The maximum absolute atomic E-state index is 11.1. The first-order valence-corrected chi connectivity index (χ1v) is 4.49. The molecule has 0 amide bonds. The smallest absolute Gasteiger partial charge is 0.293 e. The number of benzene rings is 1. The number of nitrogens with zero attached hydrogens (tertiary/aromatic N) is 2. The third-order valence-electron chi connectivity index (χ3n) is 2.07. The lowest BCUT2D eigenvalue weighted by molar-refractivity contribution is 0.463. The molecule has 0 saturated carbocycles. The van der Waals surface area contributed by atoms with Crippen molar-refractivity contribution in [2.24, 2.45) is 0 Å². The van der Waals surface area contributed by atoms with E-state index in [9.17, 15) is 4.79 Å². The Morgan fingerprint density at radius 2 is 2.00 bits per heavy atom. The highest BCUT2D eigenvalue weighted by molar-refractivity contribution is 5.56. The normalized spacial score (nSPS) is 9.69. The molecule has 0 bridgehead atoms. The molecule has 0 atom stereocenters. The molecular weight excluding hydrogens is 206 g/mol. The van der Waals surface area contributed by atoms with E-state index in [0.717, 1.165) is 6.20 Å². The fourth-order valence-corrected chi connectivity index (χ4v) is 1.24. The zero-order chi connectivity index (χ0) is 11.5. The van der Waals surface area contributed by atoms with E-state index in [1.807, 2.05) is 6.07 Å². The van der Waals surface area contributed by atoms with Gasteiger partial charge in [-0.1, -0.05) is 0 Å². The van der Waals surface area contributed by atoms with Gasteiger partial charge in [-0.3, -0.25) is 4.79 Å². The molecule has 2 aromatic rings. The van der Waals surface area contributed by atoms with Gasteiger partial charge in [-0.25, -0.2) is 4.98 Å². The summed E-state index contributed by atoms with van der Waals surface area (Å²) in [5.41, 5.74) is 0.621. The van der Waals surface area contributed by atoms with E-state index in [1.165, 1.54) is 0 Å². The molecule has 2 rings (SSSR count). The average molecular weight is 213 g/mol. The van der Waals surface area contributed by atoms with Crippen LogP contribution in [0.5, 0.6) is 5.75 Å². The van der Waals surface area contributed by atoms with Gasteiger partial charge in [0.2, 0.25) is 0 Å². The van der Waals surface area contributed by atoms with Crippen molar-refractivity contribution in [1.82, 2.24) is 9.97 Å². The number of H-pyrrole nitrogens is 1. The topological polar surface area (TPSA) is 89.8 Å². The zero-order valence-corrected chi connectivity index (χ0v) is 8.14. The Bertz CT molecular complexity index is 608. The molecule has 78 valence electrons. The van der Waals surface area contributed by atoms with Crippen LogP contribution in [0.15, 0.2) is 35.3 Å². The molecule has 5 heteroatoms. The molecule has 0 aliphatic heterocycles. The van der Waals surface area contributed by atoms with Crippen LogP contribution in [0.3, 0.4) is 0 Å². The summed E-state index contributed by atoms with van der Waals surface area (Å²) in [6.45, 7) is 0. The summed E-state index contributed by atoms with van der Waals surface area (Å²) in [5, 5.41) is 17.6. The highest BCUT2D eigenvalue weighted by Gasteiger charge is 2.03. The van der Waals surface area contributed by atoms with Crippen LogP contribution in [0, 0.1) is 11.3 Å². The first-order valence-electron chi connectivity index (χ1n) is 4.49. The molecule has 2 N–H and O–H groups in total. The number of rotatable bonds is 1. The SMILES string of the molecule is N#Cc1ccc(-c2ncc(O)c(=O)[nH]2)cc1. The van der Waals surface area contributed by atoms with Crippen molar-refractivity contribution in [3.05, 3.63) is 46.4 Å². The number of hydrogen-bond donors (Lipinski definition) is 2. The molecule has 1 aromatic carbocycles. The van der Waals surface area contributed by atoms with E-state index in [4.69, 9.17) is 10.4 Å². The molecule has 0 fully saturated rings. The van der Waals surface area contributed by atoms with Gasteiger partial charge in [-0.05, 0) is 24.3 Å². The van der Waals surface area contributed by atoms with Crippen molar-refractivity contribution < 1.29 is 5.11 Å².